The van der Waals surface area contributed by atoms with Gasteiger partial charge in [-0.05, 0) is 6.92 Å². The molecular weight excluding hydrogens is 172 g/mol. The first kappa shape index (κ1) is 11.4. The van der Waals surface area contributed by atoms with E-state index in [2.05, 4.69) is 29.6 Å². The van der Waals surface area contributed by atoms with Crippen LogP contribution in [-0.2, 0) is 19.1 Å². The quantitative estimate of drug-likeness (QED) is 0.463. The Morgan fingerprint density at radius 3 is 2.23 bits per heavy atom. The molecule has 0 rings (SSSR count). The van der Waals surface area contributed by atoms with E-state index in [0.717, 1.165) is 12.2 Å². The molecular formula is C9H11O4. The molecule has 0 amide bonds. The number of hydrogen-bond donors (Lipinski definition) is 0. The Morgan fingerprint density at radius 1 is 1.23 bits per heavy atom. The molecule has 0 N–H and O–H groups in total. The monoisotopic (exact) mass is 183 g/mol. The van der Waals surface area contributed by atoms with E-state index in [4.69, 9.17) is 0 Å². The van der Waals surface area contributed by atoms with Crippen molar-refractivity contribution in [1.82, 2.24) is 0 Å². The standard InChI is InChI=1S/C9H11O4/c1-4-8(10)12-6-7(3)13-9(11)5-2/h4-5,7H,1-3,6H2. The molecule has 0 aromatic heterocycles. The summed E-state index contributed by atoms with van der Waals surface area (Å²) in [6.07, 6.45) is 1.30. The third-order valence-corrected chi connectivity index (χ3v) is 1.03. The maximum Gasteiger partial charge on any atom is 0.330 e. The van der Waals surface area contributed by atoms with Gasteiger partial charge in [0.25, 0.3) is 0 Å². The lowest BCUT2D eigenvalue weighted by molar-refractivity contribution is -0.150. The Labute approximate surface area is 76.8 Å². The van der Waals surface area contributed by atoms with Gasteiger partial charge in [-0.15, -0.1) is 0 Å². The molecule has 0 aromatic carbocycles. The van der Waals surface area contributed by atoms with Gasteiger partial charge in [-0.1, -0.05) is 13.2 Å². The summed E-state index contributed by atoms with van der Waals surface area (Å²) in [4.78, 5) is 21.1. The molecule has 0 aliphatic rings. The first-order chi connectivity index (χ1) is 6.10. The minimum atomic E-state index is -0.727. The molecule has 0 bridgehead atoms. The molecule has 0 saturated heterocycles. The molecule has 0 aromatic rings. The van der Waals surface area contributed by atoms with E-state index in [1.165, 1.54) is 0 Å². The highest BCUT2D eigenvalue weighted by Gasteiger charge is 2.08. The van der Waals surface area contributed by atoms with Crippen LogP contribution in [0.15, 0.2) is 25.3 Å². The van der Waals surface area contributed by atoms with Crippen LogP contribution in [0.1, 0.15) is 0 Å². The average molecular weight is 183 g/mol. The summed E-state index contributed by atoms with van der Waals surface area (Å²) >= 11 is 0. The second kappa shape index (κ2) is 5.99. The SMILES string of the molecule is [CH2]C(COC(=O)C=C)OC(=O)C=C. The fourth-order valence-electron chi connectivity index (χ4n) is 0.480. The summed E-state index contributed by atoms with van der Waals surface area (Å²) in [5.74, 6) is -1.18. The maximum atomic E-state index is 10.6. The van der Waals surface area contributed by atoms with E-state index in [1.54, 1.807) is 0 Å². The molecule has 71 valence electrons. The molecule has 1 unspecified atom stereocenters. The summed E-state index contributed by atoms with van der Waals surface area (Å²) in [6, 6.07) is 0. The van der Waals surface area contributed by atoms with Crippen LogP contribution in [0.25, 0.3) is 0 Å². The summed E-state index contributed by atoms with van der Waals surface area (Å²) in [6.45, 7) is 9.73. The van der Waals surface area contributed by atoms with E-state index in [1.807, 2.05) is 0 Å². The predicted octanol–water partition coefficient (Wildman–Crippen LogP) is 0.647. The van der Waals surface area contributed by atoms with Gasteiger partial charge in [-0.3, -0.25) is 0 Å². The van der Waals surface area contributed by atoms with Gasteiger partial charge in [0.1, 0.15) is 12.7 Å². The van der Waals surface area contributed by atoms with E-state index < -0.39 is 18.0 Å². The van der Waals surface area contributed by atoms with Gasteiger partial charge in [0.2, 0.25) is 0 Å². The number of esters is 2. The largest absolute Gasteiger partial charge is 0.459 e. The van der Waals surface area contributed by atoms with Gasteiger partial charge in [-0.25, -0.2) is 9.59 Å². The topological polar surface area (TPSA) is 52.6 Å². The molecule has 4 heteroatoms. The number of ether oxygens (including phenoxy) is 2. The predicted molar refractivity (Wildman–Crippen MR) is 46.6 cm³/mol. The van der Waals surface area contributed by atoms with E-state index in [0.29, 0.717) is 0 Å². The van der Waals surface area contributed by atoms with Crippen LogP contribution in [-0.4, -0.2) is 24.6 Å². The molecule has 0 aliphatic carbocycles. The zero-order chi connectivity index (χ0) is 10.3. The van der Waals surface area contributed by atoms with Crippen LogP contribution in [0, 0.1) is 6.92 Å². The number of hydrogen-bond acceptors (Lipinski definition) is 4. The lowest BCUT2D eigenvalue weighted by Crippen LogP contribution is -2.20. The normalized spacial score (nSPS) is 11.2. The van der Waals surface area contributed by atoms with Crippen molar-refractivity contribution in [3.05, 3.63) is 32.2 Å². The van der Waals surface area contributed by atoms with Crippen LogP contribution in [0.2, 0.25) is 0 Å². The molecule has 1 radical (unpaired) electrons. The van der Waals surface area contributed by atoms with E-state index >= 15 is 0 Å². The molecule has 0 fully saturated rings. The van der Waals surface area contributed by atoms with Gasteiger partial charge >= 0.3 is 11.9 Å². The number of carbonyl (C=O) groups is 2. The second-order valence-corrected chi connectivity index (χ2v) is 2.10. The second-order valence-electron chi connectivity index (χ2n) is 2.10. The fraction of sp³-hybridized carbons (Fsp3) is 0.222. The van der Waals surface area contributed by atoms with E-state index in [-0.39, 0.29) is 6.61 Å². The van der Waals surface area contributed by atoms with Crippen molar-refractivity contribution in [2.45, 2.75) is 6.10 Å². The van der Waals surface area contributed by atoms with Crippen molar-refractivity contribution >= 4 is 11.9 Å². The Kier molecular flexibility index (Phi) is 5.27. The maximum absolute atomic E-state index is 10.6. The molecule has 4 nitrogen and oxygen atoms in total. The first-order valence-corrected chi connectivity index (χ1v) is 3.55. The molecule has 0 saturated carbocycles. The summed E-state index contributed by atoms with van der Waals surface area (Å²) in [7, 11) is 0. The molecule has 0 heterocycles. The van der Waals surface area contributed by atoms with Crippen molar-refractivity contribution < 1.29 is 19.1 Å². The molecule has 1 atom stereocenters. The Morgan fingerprint density at radius 2 is 1.77 bits per heavy atom. The first-order valence-electron chi connectivity index (χ1n) is 3.55. The lowest BCUT2D eigenvalue weighted by Gasteiger charge is -2.10. The van der Waals surface area contributed by atoms with Crippen molar-refractivity contribution in [3.63, 3.8) is 0 Å². The summed E-state index contributed by atoms with van der Waals surface area (Å²) < 4.78 is 9.18. The minimum absolute atomic E-state index is 0.0928. The van der Waals surface area contributed by atoms with Crippen LogP contribution in [0.4, 0.5) is 0 Å². The van der Waals surface area contributed by atoms with Gasteiger partial charge in [0, 0.05) is 12.2 Å². The Bertz CT molecular complexity index is 220. The Hall–Kier alpha value is -1.58. The van der Waals surface area contributed by atoms with Crippen molar-refractivity contribution in [2.75, 3.05) is 6.61 Å². The van der Waals surface area contributed by atoms with Crippen molar-refractivity contribution in [1.29, 1.82) is 0 Å². The minimum Gasteiger partial charge on any atom is -0.459 e. The summed E-state index contributed by atoms with van der Waals surface area (Å²) in [5.41, 5.74) is 0. The van der Waals surface area contributed by atoms with Gasteiger partial charge in [0.05, 0.1) is 0 Å². The fourth-order valence-corrected chi connectivity index (χ4v) is 0.480. The molecule has 13 heavy (non-hydrogen) atoms. The highest BCUT2D eigenvalue weighted by atomic mass is 16.6. The molecule has 0 aliphatic heterocycles. The molecule has 0 spiro atoms. The zero-order valence-corrected chi connectivity index (χ0v) is 7.19. The van der Waals surface area contributed by atoms with Gasteiger partial charge in [-0.2, -0.15) is 0 Å². The van der Waals surface area contributed by atoms with Gasteiger partial charge in [0.15, 0.2) is 0 Å². The summed E-state index contributed by atoms with van der Waals surface area (Å²) in [5, 5.41) is 0. The average Bonchev–Trinajstić information content (AvgIpc) is 2.13. The third-order valence-electron chi connectivity index (χ3n) is 1.03. The van der Waals surface area contributed by atoms with Crippen molar-refractivity contribution in [2.24, 2.45) is 0 Å². The highest BCUT2D eigenvalue weighted by Crippen LogP contribution is 1.93. The van der Waals surface area contributed by atoms with Crippen molar-refractivity contribution in [3.8, 4) is 0 Å². The van der Waals surface area contributed by atoms with Crippen LogP contribution in [0.5, 0.6) is 0 Å². The number of carbonyl (C=O) groups excluding carboxylic acids is 2. The lowest BCUT2D eigenvalue weighted by atomic mass is 10.4. The van der Waals surface area contributed by atoms with Crippen LogP contribution >= 0.6 is 0 Å². The number of rotatable bonds is 5. The van der Waals surface area contributed by atoms with Crippen LogP contribution in [0.3, 0.4) is 0 Å². The smallest absolute Gasteiger partial charge is 0.330 e. The van der Waals surface area contributed by atoms with E-state index in [9.17, 15) is 9.59 Å². The highest BCUT2D eigenvalue weighted by molar-refractivity contribution is 5.82. The Balaban J connectivity index is 3.68. The third kappa shape index (κ3) is 5.66. The van der Waals surface area contributed by atoms with Gasteiger partial charge < -0.3 is 9.47 Å². The zero-order valence-electron chi connectivity index (χ0n) is 7.19. The van der Waals surface area contributed by atoms with Crippen LogP contribution < -0.4 is 0 Å².